The van der Waals surface area contributed by atoms with E-state index < -0.39 is 0 Å². The monoisotopic (exact) mass is 318 g/mol. The van der Waals surface area contributed by atoms with Gasteiger partial charge in [-0.1, -0.05) is 58.4 Å². The number of aromatic nitrogens is 1. The Morgan fingerprint density at radius 3 is 2.17 bits per heavy atom. The van der Waals surface area contributed by atoms with E-state index in [4.69, 9.17) is 5.73 Å². The molecule has 1 aromatic rings. The van der Waals surface area contributed by atoms with E-state index in [0.717, 1.165) is 19.4 Å². The zero-order valence-electron chi connectivity index (χ0n) is 16.6. The van der Waals surface area contributed by atoms with Gasteiger partial charge in [-0.15, -0.1) is 0 Å². The highest BCUT2D eigenvalue weighted by molar-refractivity contribution is 5.37. The van der Waals surface area contributed by atoms with Crippen molar-refractivity contribution >= 4 is 0 Å². The van der Waals surface area contributed by atoms with Crippen LogP contribution in [0.1, 0.15) is 77.1 Å². The lowest BCUT2D eigenvalue weighted by molar-refractivity contribution is 0.919. The van der Waals surface area contributed by atoms with Gasteiger partial charge in [0, 0.05) is 12.1 Å². The smallest absolute Gasteiger partial charge is 0.0542 e. The van der Waals surface area contributed by atoms with Gasteiger partial charge in [-0.05, 0) is 57.4 Å². The molecule has 132 valence electrons. The molecule has 0 spiro atoms. The molecule has 2 nitrogen and oxygen atoms in total. The van der Waals surface area contributed by atoms with Gasteiger partial charge >= 0.3 is 0 Å². The summed E-state index contributed by atoms with van der Waals surface area (Å²) in [5.74, 6) is 0.374. The van der Waals surface area contributed by atoms with Crippen LogP contribution in [-0.2, 0) is 0 Å². The standard InChI is InChI=1S/C14H17N.C3H9N.2C2H6/c1-10-5-4-6-13(9-10)14-12(3)11(2)7-8-15-14;1-2-3-4;2*1-2/h4,6-9,13H,5H2,1-3H3;2-4H2,1H3;2*1-2H3. The van der Waals surface area contributed by atoms with Gasteiger partial charge in [0.1, 0.15) is 0 Å². The topological polar surface area (TPSA) is 38.9 Å². The maximum Gasteiger partial charge on any atom is 0.0542 e. The minimum atomic E-state index is 0.374. The van der Waals surface area contributed by atoms with Gasteiger partial charge in [0.25, 0.3) is 0 Å². The third kappa shape index (κ3) is 9.35. The first kappa shape index (κ1) is 23.9. The van der Waals surface area contributed by atoms with Crippen molar-refractivity contribution in [3.63, 3.8) is 0 Å². The van der Waals surface area contributed by atoms with Crippen molar-refractivity contribution in [1.82, 2.24) is 4.98 Å². The molecule has 0 fully saturated rings. The Labute approximate surface area is 144 Å². The highest BCUT2D eigenvalue weighted by atomic mass is 14.7. The van der Waals surface area contributed by atoms with Crippen LogP contribution in [0.4, 0.5) is 0 Å². The Morgan fingerprint density at radius 2 is 1.70 bits per heavy atom. The zero-order valence-corrected chi connectivity index (χ0v) is 16.6. The molecule has 23 heavy (non-hydrogen) atoms. The summed E-state index contributed by atoms with van der Waals surface area (Å²) in [6.45, 7) is 17.4. The van der Waals surface area contributed by atoms with Crippen LogP contribution in [0.5, 0.6) is 0 Å². The predicted molar refractivity (Wildman–Crippen MR) is 106 cm³/mol. The van der Waals surface area contributed by atoms with E-state index in [2.05, 4.69) is 57.0 Å². The summed E-state index contributed by atoms with van der Waals surface area (Å²) in [5.41, 5.74) is 10.3. The maximum atomic E-state index is 5.03. The first-order chi connectivity index (χ1) is 11.1. The number of pyridine rings is 1. The molecule has 2 N–H and O–H groups in total. The van der Waals surface area contributed by atoms with Crippen LogP contribution in [0, 0.1) is 13.8 Å². The van der Waals surface area contributed by atoms with Gasteiger partial charge in [0.2, 0.25) is 0 Å². The molecule has 1 unspecified atom stereocenters. The molecule has 1 heterocycles. The van der Waals surface area contributed by atoms with Crippen LogP contribution in [0.25, 0.3) is 0 Å². The second-order valence-corrected chi connectivity index (χ2v) is 5.10. The van der Waals surface area contributed by atoms with Crippen LogP contribution in [0.15, 0.2) is 36.1 Å². The Morgan fingerprint density at radius 1 is 1.13 bits per heavy atom. The van der Waals surface area contributed by atoms with Gasteiger partial charge in [-0.2, -0.15) is 0 Å². The Hall–Kier alpha value is -1.41. The number of hydrogen-bond donors (Lipinski definition) is 1. The fourth-order valence-electron chi connectivity index (χ4n) is 1.99. The van der Waals surface area contributed by atoms with Gasteiger partial charge in [-0.25, -0.2) is 0 Å². The van der Waals surface area contributed by atoms with Crippen molar-refractivity contribution < 1.29 is 0 Å². The summed E-state index contributed by atoms with van der Waals surface area (Å²) in [7, 11) is 0. The molecule has 0 bridgehead atoms. The molecular weight excluding hydrogens is 280 g/mol. The van der Waals surface area contributed by atoms with E-state index in [-0.39, 0.29) is 0 Å². The third-order valence-corrected chi connectivity index (χ3v) is 3.37. The molecule has 1 aliphatic carbocycles. The summed E-state index contributed by atoms with van der Waals surface area (Å²) in [6, 6.07) is 2.07. The molecule has 2 heteroatoms. The SMILES string of the molecule is CC.CC.CC1=CC(c2nccc(C)c2C)C=CC1.CCCN. The van der Waals surface area contributed by atoms with Crippen molar-refractivity contribution in [2.24, 2.45) is 5.73 Å². The second-order valence-electron chi connectivity index (χ2n) is 5.10. The van der Waals surface area contributed by atoms with E-state index in [1.54, 1.807) is 0 Å². The van der Waals surface area contributed by atoms with Crippen LogP contribution >= 0.6 is 0 Å². The average Bonchev–Trinajstić information content (AvgIpc) is 2.61. The summed E-state index contributed by atoms with van der Waals surface area (Å²) < 4.78 is 0. The molecule has 0 amide bonds. The van der Waals surface area contributed by atoms with E-state index in [1.165, 1.54) is 22.4 Å². The number of hydrogen-bond acceptors (Lipinski definition) is 2. The van der Waals surface area contributed by atoms with Gasteiger partial charge in [-0.3, -0.25) is 4.98 Å². The van der Waals surface area contributed by atoms with Crippen molar-refractivity contribution in [1.29, 1.82) is 0 Å². The van der Waals surface area contributed by atoms with Crippen molar-refractivity contribution in [3.05, 3.63) is 52.9 Å². The van der Waals surface area contributed by atoms with Gasteiger partial charge < -0.3 is 5.73 Å². The van der Waals surface area contributed by atoms with Crippen molar-refractivity contribution in [3.8, 4) is 0 Å². The Bertz CT molecular complexity index is 457. The van der Waals surface area contributed by atoms with E-state index in [9.17, 15) is 0 Å². The minimum Gasteiger partial charge on any atom is -0.330 e. The first-order valence-corrected chi connectivity index (χ1v) is 9.06. The summed E-state index contributed by atoms with van der Waals surface area (Å²) in [5, 5.41) is 0. The van der Waals surface area contributed by atoms with Crippen molar-refractivity contribution in [2.45, 2.75) is 74.1 Å². The molecule has 0 saturated carbocycles. The fraction of sp³-hybridized carbons (Fsp3) is 0.571. The summed E-state index contributed by atoms with van der Waals surface area (Å²) >= 11 is 0. The molecule has 0 aromatic carbocycles. The van der Waals surface area contributed by atoms with Gasteiger partial charge in [0.15, 0.2) is 0 Å². The minimum absolute atomic E-state index is 0.374. The third-order valence-electron chi connectivity index (χ3n) is 3.37. The average molecular weight is 319 g/mol. The number of nitrogens with zero attached hydrogens (tertiary/aromatic N) is 1. The molecule has 1 atom stereocenters. The highest BCUT2D eigenvalue weighted by Gasteiger charge is 2.13. The highest BCUT2D eigenvalue weighted by Crippen LogP contribution is 2.27. The van der Waals surface area contributed by atoms with Crippen LogP contribution < -0.4 is 5.73 Å². The van der Waals surface area contributed by atoms with Crippen LogP contribution in [0.3, 0.4) is 0 Å². The lowest BCUT2D eigenvalue weighted by Crippen LogP contribution is -2.03. The van der Waals surface area contributed by atoms with E-state index in [0.29, 0.717) is 5.92 Å². The molecular formula is C21H38N2. The first-order valence-electron chi connectivity index (χ1n) is 9.06. The molecule has 2 rings (SSSR count). The molecule has 0 aliphatic heterocycles. The van der Waals surface area contributed by atoms with E-state index in [1.807, 2.05) is 33.9 Å². The van der Waals surface area contributed by atoms with Crippen LogP contribution in [0.2, 0.25) is 0 Å². The lowest BCUT2D eigenvalue weighted by atomic mass is 9.91. The number of nitrogens with two attached hydrogens (primary N) is 1. The second kappa shape index (κ2) is 15.5. The number of rotatable bonds is 2. The Balaban J connectivity index is 0. The number of aryl methyl sites for hydroxylation is 1. The predicted octanol–water partition coefficient (Wildman–Crippen LogP) is 6.10. The van der Waals surface area contributed by atoms with E-state index >= 15 is 0 Å². The zero-order chi connectivity index (χ0) is 18.3. The largest absolute Gasteiger partial charge is 0.330 e. The lowest BCUT2D eigenvalue weighted by Gasteiger charge is -2.16. The quantitative estimate of drug-likeness (QED) is 0.669. The Kier molecular flexibility index (Phi) is 16.1. The maximum absolute atomic E-state index is 5.03. The van der Waals surface area contributed by atoms with Gasteiger partial charge in [0.05, 0.1) is 5.69 Å². The summed E-state index contributed by atoms with van der Waals surface area (Å²) in [4.78, 5) is 4.50. The fourth-order valence-corrected chi connectivity index (χ4v) is 1.99. The molecule has 0 radical (unpaired) electrons. The molecule has 0 saturated heterocycles. The summed E-state index contributed by atoms with van der Waals surface area (Å²) in [6.07, 6.45) is 10.9. The van der Waals surface area contributed by atoms with Crippen molar-refractivity contribution in [2.75, 3.05) is 6.54 Å². The van der Waals surface area contributed by atoms with Crippen LogP contribution in [-0.4, -0.2) is 11.5 Å². The number of allylic oxidation sites excluding steroid dienone is 4. The normalized spacial score (nSPS) is 15.0. The molecule has 1 aliphatic rings. The molecule has 1 aromatic heterocycles.